The molecule has 2 heterocycles. The summed E-state index contributed by atoms with van der Waals surface area (Å²) in [6.45, 7) is 8.31. The normalized spacial score (nSPS) is 49.5. The van der Waals surface area contributed by atoms with Crippen LogP contribution in [0.2, 0.25) is 0 Å². The minimum Gasteiger partial charge on any atom is -0.472 e. The van der Waals surface area contributed by atoms with E-state index < -0.39 is 87.5 Å². The van der Waals surface area contributed by atoms with Gasteiger partial charge in [-0.05, 0) is 24.0 Å². The maximum absolute atomic E-state index is 14.9. The zero-order valence-electron chi connectivity index (χ0n) is 23.5. The highest BCUT2D eigenvalue weighted by atomic mass is 16.6. The molecule has 4 aliphatic carbocycles. The van der Waals surface area contributed by atoms with Crippen LogP contribution in [0.4, 0.5) is 0 Å². The molecule has 6 rings (SSSR count). The molecule has 10 heteroatoms. The molecule has 1 aliphatic heterocycles. The molecule has 1 saturated heterocycles. The van der Waals surface area contributed by atoms with E-state index in [1.165, 1.54) is 20.1 Å². The summed E-state index contributed by atoms with van der Waals surface area (Å²) < 4.78 is 23.0. The highest BCUT2D eigenvalue weighted by Gasteiger charge is 2.81. The molecule has 0 radical (unpaired) electrons. The number of Topliss-reactive ketones (excluding diaryl/α,β-unsaturated/α-hetero) is 2. The smallest absolute Gasteiger partial charge is 0.303 e. The number of rotatable bonds is 3. The fraction of sp³-hybridized carbons (Fsp3) is 0.733. The van der Waals surface area contributed by atoms with Crippen molar-refractivity contribution in [1.29, 1.82) is 0 Å². The summed E-state index contributed by atoms with van der Waals surface area (Å²) >= 11 is 0. The Kier molecular flexibility index (Phi) is 6.02. The number of carbonyl (C=O) groups is 4. The van der Waals surface area contributed by atoms with Crippen LogP contribution >= 0.6 is 0 Å². The first-order valence-electron chi connectivity index (χ1n) is 14.1. The maximum atomic E-state index is 14.9. The van der Waals surface area contributed by atoms with E-state index >= 15 is 0 Å². The van der Waals surface area contributed by atoms with E-state index in [0.29, 0.717) is 0 Å². The van der Waals surface area contributed by atoms with E-state index in [-0.39, 0.29) is 38.3 Å². The summed E-state index contributed by atoms with van der Waals surface area (Å²) in [5.74, 6) is -4.50. The van der Waals surface area contributed by atoms with E-state index in [4.69, 9.17) is 18.6 Å². The molecule has 0 aromatic carbocycles. The van der Waals surface area contributed by atoms with Gasteiger partial charge in [-0.15, -0.1) is 0 Å². The molecule has 12 atom stereocenters. The van der Waals surface area contributed by atoms with Crippen molar-refractivity contribution in [3.63, 3.8) is 0 Å². The van der Waals surface area contributed by atoms with Crippen LogP contribution in [0.5, 0.6) is 0 Å². The van der Waals surface area contributed by atoms with Crippen molar-refractivity contribution in [2.24, 2.45) is 39.4 Å². The fourth-order valence-electron chi connectivity index (χ4n) is 10.3. The third-order valence-corrected chi connectivity index (χ3v) is 11.7. The van der Waals surface area contributed by atoms with Crippen LogP contribution in [0.3, 0.4) is 0 Å². The Morgan fingerprint density at radius 1 is 0.950 bits per heavy atom. The predicted molar refractivity (Wildman–Crippen MR) is 136 cm³/mol. The number of carbonyl (C=O) groups excluding carboxylic acids is 4. The van der Waals surface area contributed by atoms with Crippen LogP contribution in [0.25, 0.3) is 0 Å². The van der Waals surface area contributed by atoms with Crippen molar-refractivity contribution in [3.05, 3.63) is 24.2 Å². The molecule has 4 saturated carbocycles. The molecule has 0 unspecified atom stereocenters. The van der Waals surface area contributed by atoms with Gasteiger partial charge in [0.1, 0.15) is 11.9 Å². The van der Waals surface area contributed by atoms with Gasteiger partial charge in [0.05, 0.1) is 37.9 Å². The molecule has 5 fully saturated rings. The Hall–Kier alpha value is -2.56. The molecular weight excluding hydrogens is 520 g/mol. The van der Waals surface area contributed by atoms with Crippen molar-refractivity contribution in [2.45, 2.75) is 84.2 Å². The lowest BCUT2D eigenvalue weighted by Crippen LogP contribution is -2.79. The zero-order valence-corrected chi connectivity index (χ0v) is 23.5. The lowest BCUT2D eigenvalue weighted by Gasteiger charge is -2.72. The van der Waals surface area contributed by atoms with Gasteiger partial charge >= 0.3 is 11.9 Å². The number of fused-ring (bicyclic) bond motifs is 3. The third-order valence-electron chi connectivity index (χ3n) is 11.7. The van der Waals surface area contributed by atoms with Crippen molar-refractivity contribution < 1.29 is 48.0 Å². The summed E-state index contributed by atoms with van der Waals surface area (Å²) in [5.41, 5.74) is -3.67. The van der Waals surface area contributed by atoms with Crippen LogP contribution in [-0.4, -0.2) is 71.3 Å². The topological polar surface area (TPSA) is 150 Å². The number of hydrogen-bond acceptors (Lipinski definition) is 10. The van der Waals surface area contributed by atoms with E-state index in [1.54, 1.807) is 26.2 Å². The second-order valence-electron chi connectivity index (χ2n) is 13.5. The van der Waals surface area contributed by atoms with Crippen LogP contribution in [0.1, 0.15) is 65.4 Å². The number of esters is 2. The van der Waals surface area contributed by atoms with Gasteiger partial charge < -0.3 is 28.8 Å². The van der Waals surface area contributed by atoms with E-state index in [9.17, 15) is 29.4 Å². The van der Waals surface area contributed by atoms with Crippen LogP contribution in [0, 0.1) is 39.4 Å². The zero-order chi connectivity index (χ0) is 29.0. The molecule has 5 aliphatic rings. The Morgan fingerprint density at radius 2 is 1.65 bits per heavy atom. The van der Waals surface area contributed by atoms with Gasteiger partial charge in [0.15, 0.2) is 11.9 Å². The predicted octanol–water partition coefficient (Wildman–Crippen LogP) is 2.20. The Bertz CT molecular complexity index is 1260. The summed E-state index contributed by atoms with van der Waals surface area (Å²) in [7, 11) is 0. The van der Waals surface area contributed by atoms with Gasteiger partial charge in [-0.2, -0.15) is 0 Å². The minimum absolute atomic E-state index is 0.0372. The number of aliphatic hydroxyl groups is 2. The monoisotopic (exact) mass is 558 g/mol. The largest absolute Gasteiger partial charge is 0.472 e. The molecule has 1 aromatic rings. The summed E-state index contributed by atoms with van der Waals surface area (Å²) in [4.78, 5) is 53.4. The first-order chi connectivity index (χ1) is 18.7. The summed E-state index contributed by atoms with van der Waals surface area (Å²) in [5, 5.41) is 23.9. The number of ether oxygens (including phenoxy) is 3. The minimum atomic E-state index is -1.29. The van der Waals surface area contributed by atoms with Crippen molar-refractivity contribution in [3.8, 4) is 0 Å². The van der Waals surface area contributed by atoms with Gasteiger partial charge in [-0.3, -0.25) is 19.2 Å². The number of aliphatic hydroxyl groups excluding tert-OH is 2. The molecule has 0 amide bonds. The summed E-state index contributed by atoms with van der Waals surface area (Å²) in [6, 6.07) is 1.75. The first kappa shape index (κ1) is 27.6. The Balaban J connectivity index is 1.56. The van der Waals surface area contributed by atoms with Crippen LogP contribution in [0.15, 0.2) is 23.0 Å². The molecular formula is C30H38O10. The molecule has 2 bridgehead atoms. The highest BCUT2D eigenvalue weighted by molar-refractivity contribution is 5.97. The van der Waals surface area contributed by atoms with E-state index in [2.05, 4.69) is 0 Å². The SMILES string of the molecule is CC(=O)O[C@@H]1C[C@H](O)[C@@]23COC[C@]1(C)[C@@H]2C[C@@H](O)[C@@]1(C)[C@@H]2C(=O)C[C@@H](c4ccoc4)[C@]2(C)[C@@H](OC(C)=O)C(=O)[C@@H]13. The summed E-state index contributed by atoms with van der Waals surface area (Å²) in [6.07, 6.45) is -0.739. The van der Waals surface area contributed by atoms with Crippen molar-refractivity contribution in [1.82, 2.24) is 0 Å². The highest BCUT2D eigenvalue weighted by Crippen LogP contribution is 2.74. The average molecular weight is 559 g/mol. The molecule has 10 nitrogen and oxygen atoms in total. The van der Waals surface area contributed by atoms with Gasteiger partial charge in [-0.25, -0.2) is 0 Å². The molecule has 40 heavy (non-hydrogen) atoms. The maximum Gasteiger partial charge on any atom is 0.303 e. The second-order valence-corrected chi connectivity index (χ2v) is 13.5. The van der Waals surface area contributed by atoms with E-state index in [0.717, 1.165) is 5.56 Å². The molecule has 2 N–H and O–H groups in total. The number of ketones is 2. The Labute approximate surface area is 232 Å². The quantitative estimate of drug-likeness (QED) is 0.529. The van der Waals surface area contributed by atoms with Gasteiger partial charge in [-0.1, -0.05) is 20.8 Å². The van der Waals surface area contributed by atoms with E-state index in [1.807, 2.05) is 6.92 Å². The van der Waals surface area contributed by atoms with Gasteiger partial charge in [0.2, 0.25) is 0 Å². The van der Waals surface area contributed by atoms with Crippen LogP contribution < -0.4 is 0 Å². The lowest BCUT2D eigenvalue weighted by molar-refractivity contribution is -0.323. The molecule has 0 spiro atoms. The first-order valence-corrected chi connectivity index (χ1v) is 14.1. The van der Waals surface area contributed by atoms with Crippen molar-refractivity contribution in [2.75, 3.05) is 13.2 Å². The second kappa shape index (κ2) is 8.72. The van der Waals surface area contributed by atoms with Crippen molar-refractivity contribution >= 4 is 23.5 Å². The molecule has 1 aromatic heterocycles. The van der Waals surface area contributed by atoms with Gasteiger partial charge in [0, 0.05) is 66.1 Å². The average Bonchev–Trinajstić information content (AvgIpc) is 3.48. The molecule has 218 valence electrons. The number of hydrogen-bond donors (Lipinski definition) is 2. The number of furan rings is 1. The standard InChI is InChI=1S/C30H38O10/c1-14(31)39-22-10-21(35)30-13-38-12-27(22,3)19(30)9-20(34)29(5)24-18(33)8-17(16-6-7-37-11-16)28(24,4)26(40-15(2)32)23(36)25(29)30/h6-7,11,17,19-22,24-26,34-35H,8-10,12-13H2,1-5H3/t17-,19-,20+,21-,22+,24+,25-,26-,27+,28-,29-,30+/m0/s1. The fourth-order valence-corrected chi connectivity index (χ4v) is 10.3. The Morgan fingerprint density at radius 3 is 2.27 bits per heavy atom. The van der Waals surface area contributed by atoms with Crippen LogP contribution in [-0.2, 0) is 33.4 Å². The lowest BCUT2D eigenvalue weighted by atomic mass is 9.34. The van der Waals surface area contributed by atoms with Gasteiger partial charge in [0.25, 0.3) is 0 Å². The third kappa shape index (κ3) is 3.21.